The van der Waals surface area contributed by atoms with E-state index in [-0.39, 0.29) is 29.8 Å². The van der Waals surface area contributed by atoms with Crippen LogP contribution in [0.5, 0.6) is 0 Å². The summed E-state index contributed by atoms with van der Waals surface area (Å²) in [6, 6.07) is 27.9. The molecular weight excluding hydrogens is 570 g/mol. The molecule has 0 radical (unpaired) electrons. The minimum atomic E-state index is -4.01. The highest BCUT2D eigenvalue weighted by molar-refractivity contribution is 7.89. The van der Waals surface area contributed by atoms with E-state index in [4.69, 9.17) is 11.6 Å². The molecule has 4 rings (SSSR count). The Morgan fingerprint density at radius 3 is 2.21 bits per heavy atom. The van der Waals surface area contributed by atoms with Crippen LogP contribution in [0, 0.1) is 0 Å². The number of halogens is 1. The predicted octanol–water partition coefficient (Wildman–Crippen LogP) is 5.67. The Labute approximate surface area is 253 Å². The maximum Gasteiger partial charge on any atom is 0.243 e. The van der Waals surface area contributed by atoms with Gasteiger partial charge in [0.25, 0.3) is 0 Å². The molecule has 9 heteroatoms. The summed E-state index contributed by atoms with van der Waals surface area (Å²) in [4.78, 5) is 29.3. The molecule has 0 spiro atoms. The Morgan fingerprint density at radius 1 is 0.881 bits per heavy atom. The van der Waals surface area contributed by atoms with Gasteiger partial charge in [0.2, 0.25) is 21.8 Å². The normalized spacial score (nSPS) is 13.1. The maximum atomic E-state index is 14.0. The van der Waals surface area contributed by atoms with E-state index in [9.17, 15) is 18.0 Å². The Morgan fingerprint density at radius 2 is 1.52 bits per heavy atom. The van der Waals surface area contributed by atoms with Crippen LogP contribution in [0.4, 0.5) is 0 Å². The number of benzene rings is 4. The first-order chi connectivity index (χ1) is 20.1. The number of nitrogens with zero attached hydrogens (tertiary/aromatic N) is 2. The van der Waals surface area contributed by atoms with E-state index in [0.29, 0.717) is 10.6 Å². The molecule has 1 N–H and O–H groups in total. The van der Waals surface area contributed by atoms with Crippen molar-refractivity contribution in [3.8, 4) is 0 Å². The lowest BCUT2D eigenvalue weighted by Gasteiger charge is -2.33. The number of rotatable bonds is 12. The van der Waals surface area contributed by atoms with Gasteiger partial charge < -0.3 is 10.2 Å². The first kappa shape index (κ1) is 31.2. The van der Waals surface area contributed by atoms with Gasteiger partial charge in [0.15, 0.2) is 0 Å². The van der Waals surface area contributed by atoms with Crippen LogP contribution in [0.1, 0.15) is 31.4 Å². The summed E-state index contributed by atoms with van der Waals surface area (Å²) in [6.45, 7) is 3.45. The second-order valence-corrected chi connectivity index (χ2v) is 12.9. The monoisotopic (exact) mass is 605 g/mol. The summed E-state index contributed by atoms with van der Waals surface area (Å²) in [5.74, 6) is -0.823. The van der Waals surface area contributed by atoms with Gasteiger partial charge in [-0.3, -0.25) is 9.59 Å². The molecule has 2 atom stereocenters. The molecule has 2 amide bonds. The molecule has 0 saturated carbocycles. The largest absolute Gasteiger partial charge is 0.352 e. The minimum absolute atomic E-state index is 0.0355. The second-order valence-electron chi connectivity index (χ2n) is 10.4. The van der Waals surface area contributed by atoms with Crippen molar-refractivity contribution in [1.82, 2.24) is 14.5 Å². The van der Waals surface area contributed by atoms with E-state index in [0.717, 1.165) is 27.1 Å². The summed E-state index contributed by atoms with van der Waals surface area (Å²) in [7, 11) is -2.63. The van der Waals surface area contributed by atoms with Crippen molar-refractivity contribution in [1.29, 1.82) is 0 Å². The topological polar surface area (TPSA) is 86.8 Å². The Bertz CT molecular complexity index is 1650. The maximum absolute atomic E-state index is 14.0. The molecule has 0 fully saturated rings. The van der Waals surface area contributed by atoms with E-state index in [2.05, 4.69) is 5.32 Å². The van der Waals surface area contributed by atoms with Crippen molar-refractivity contribution in [3.05, 3.63) is 113 Å². The number of fused-ring (bicyclic) bond motifs is 1. The van der Waals surface area contributed by atoms with Gasteiger partial charge in [0.05, 0.1) is 11.4 Å². The summed E-state index contributed by atoms with van der Waals surface area (Å²) in [6.07, 6.45) is 0.968. The molecular formula is C33H36ClN3O4S. The summed E-state index contributed by atoms with van der Waals surface area (Å²) >= 11 is 6.49. The van der Waals surface area contributed by atoms with Crippen molar-refractivity contribution in [3.63, 3.8) is 0 Å². The third-order valence-corrected chi connectivity index (χ3v) is 9.53. The zero-order valence-corrected chi connectivity index (χ0v) is 25.6. The fraction of sp³-hybridized carbons (Fsp3) is 0.273. The van der Waals surface area contributed by atoms with Gasteiger partial charge >= 0.3 is 0 Å². The number of likely N-dealkylation sites (N-methyl/N-ethyl adjacent to an activating group) is 1. The van der Waals surface area contributed by atoms with Crippen molar-refractivity contribution < 1.29 is 18.0 Å². The first-order valence-corrected chi connectivity index (χ1v) is 15.7. The average molecular weight is 606 g/mol. The molecule has 0 saturated heterocycles. The molecule has 7 nitrogen and oxygen atoms in total. The van der Waals surface area contributed by atoms with Crippen molar-refractivity contribution in [2.24, 2.45) is 0 Å². The fourth-order valence-corrected chi connectivity index (χ4v) is 6.03. The van der Waals surface area contributed by atoms with Crippen LogP contribution in [-0.4, -0.2) is 55.1 Å². The Kier molecular flexibility index (Phi) is 10.4. The molecule has 42 heavy (non-hydrogen) atoms. The molecule has 0 aliphatic rings. The van der Waals surface area contributed by atoms with E-state index >= 15 is 0 Å². The number of hydrogen-bond acceptors (Lipinski definition) is 4. The number of nitrogens with one attached hydrogen (secondary N) is 1. The quantitative estimate of drug-likeness (QED) is 0.225. The molecule has 0 bridgehead atoms. The van der Waals surface area contributed by atoms with Gasteiger partial charge in [-0.25, -0.2) is 8.42 Å². The van der Waals surface area contributed by atoms with Gasteiger partial charge in [-0.2, -0.15) is 4.31 Å². The number of carbonyl (C=O) groups excluding carboxylic acids is 2. The average Bonchev–Trinajstić information content (AvgIpc) is 2.99. The predicted molar refractivity (Wildman–Crippen MR) is 168 cm³/mol. The van der Waals surface area contributed by atoms with Crippen molar-refractivity contribution in [2.75, 3.05) is 13.6 Å². The van der Waals surface area contributed by atoms with Crippen LogP contribution in [0.25, 0.3) is 10.8 Å². The Balaban J connectivity index is 1.68. The van der Waals surface area contributed by atoms with Crippen molar-refractivity contribution in [2.45, 2.75) is 50.2 Å². The molecule has 0 unspecified atom stereocenters. The lowest BCUT2D eigenvalue weighted by Crippen LogP contribution is -2.54. The van der Waals surface area contributed by atoms with Crippen LogP contribution in [0.2, 0.25) is 5.02 Å². The number of hydrogen-bond donors (Lipinski definition) is 1. The summed E-state index contributed by atoms with van der Waals surface area (Å²) in [5.41, 5.74) is 1.53. The minimum Gasteiger partial charge on any atom is -0.352 e. The molecule has 0 aliphatic carbocycles. The van der Waals surface area contributed by atoms with Gasteiger partial charge in [-0.05, 0) is 53.4 Å². The van der Waals surface area contributed by atoms with Crippen LogP contribution >= 0.6 is 11.6 Å². The zero-order chi connectivity index (χ0) is 30.3. The third-order valence-electron chi connectivity index (χ3n) is 7.36. The number of sulfonamides is 1. The highest BCUT2D eigenvalue weighted by Crippen LogP contribution is 2.24. The van der Waals surface area contributed by atoms with Crippen LogP contribution in [0.15, 0.2) is 102 Å². The van der Waals surface area contributed by atoms with Gasteiger partial charge in [-0.15, -0.1) is 0 Å². The van der Waals surface area contributed by atoms with E-state index in [1.54, 1.807) is 30.3 Å². The van der Waals surface area contributed by atoms with Crippen LogP contribution in [0.3, 0.4) is 0 Å². The fourth-order valence-electron chi connectivity index (χ4n) is 4.68. The Hall–Kier alpha value is -3.72. The van der Waals surface area contributed by atoms with E-state index in [1.807, 2.05) is 74.5 Å². The molecule has 4 aromatic rings. The summed E-state index contributed by atoms with van der Waals surface area (Å²) < 4.78 is 28.2. The molecule has 220 valence electrons. The molecule has 0 aliphatic heterocycles. The molecule has 4 aromatic carbocycles. The number of carbonyl (C=O) groups is 2. The van der Waals surface area contributed by atoms with Crippen LogP contribution < -0.4 is 5.32 Å². The second kappa shape index (κ2) is 14.0. The van der Waals surface area contributed by atoms with Crippen molar-refractivity contribution >= 4 is 44.2 Å². The van der Waals surface area contributed by atoms with E-state index in [1.165, 1.54) is 18.0 Å². The van der Waals surface area contributed by atoms with Gasteiger partial charge in [-0.1, -0.05) is 97.4 Å². The highest BCUT2D eigenvalue weighted by Gasteiger charge is 2.33. The zero-order valence-electron chi connectivity index (χ0n) is 24.0. The number of amides is 2. The smallest absolute Gasteiger partial charge is 0.243 e. The highest BCUT2D eigenvalue weighted by atomic mass is 35.5. The third kappa shape index (κ3) is 7.56. The van der Waals surface area contributed by atoms with Crippen LogP contribution in [-0.2, 0) is 32.6 Å². The van der Waals surface area contributed by atoms with Gasteiger partial charge in [0.1, 0.15) is 6.04 Å². The SMILES string of the molecule is CC[C@H](C)NC(=O)[C@H](Cc1ccccc1)N(Cc1ccccc1Cl)C(=O)CN(C)S(=O)(=O)c1ccc2ccccc2c1. The molecule has 0 aromatic heterocycles. The summed E-state index contributed by atoms with van der Waals surface area (Å²) in [5, 5.41) is 5.16. The molecule has 0 heterocycles. The standard InChI is InChI=1S/C33H36ClN3O4S/c1-4-24(2)35-33(39)31(20-25-12-6-5-7-13-25)37(22-28-16-10-11-17-30(28)34)32(38)23-36(3)42(40,41)29-19-18-26-14-8-9-15-27(26)21-29/h5-19,21,24,31H,4,20,22-23H2,1-3H3,(H,35,39)/t24-,31-/m0/s1. The first-order valence-electron chi connectivity index (χ1n) is 13.9. The lowest BCUT2D eigenvalue weighted by molar-refractivity contribution is -0.141. The lowest BCUT2D eigenvalue weighted by atomic mass is 10.0. The van der Waals surface area contributed by atoms with E-state index < -0.39 is 28.5 Å². The van der Waals surface area contributed by atoms with Gasteiger partial charge in [0, 0.05) is 31.1 Å².